The molecular weight excluding hydrogens is 287 g/mol. The van der Waals surface area contributed by atoms with Crippen LogP contribution in [0.5, 0.6) is 0 Å². The lowest BCUT2D eigenvalue weighted by molar-refractivity contribution is -0.143. The summed E-state index contributed by atoms with van der Waals surface area (Å²) in [6.07, 6.45) is -3.59. The van der Waals surface area contributed by atoms with Gasteiger partial charge in [-0.3, -0.25) is 9.89 Å². The van der Waals surface area contributed by atoms with Crippen molar-refractivity contribution in [3.63, 3.8) is 0 Å². The van der Waals surface area contributed by atoms with Crippen molar-refractivity contribution in [2.24, 2.45) is 5.92 Å². The van der Waals surface area contributed by atoms with Crippen LogP contribution in [-0.2, 0) is 23.8 Å². The number of amides is 1. The Kier molecular flexibility index (Phi) is 4.55. The number of likely N-dealkylation sites (N-methyl/N-ethyl adjacent to an activating group) is 1. The molecule has 1 aliphatic rings. The number of carbonyl (C=O) groups is 1. The van der Waals surface area contributed by atoms with Crippen LogP contribution in [0, 0.1) is 5.92 Å². The first-order chi connectivity index (χ1) is 9.88. The van der Waals surface area contributed by atoms with E-state index in [2.05, 4.69) is 10.2 Å². The van der Waals surface area contributed by atoms with Gasteiger partial charge in [-0.1, -0.05) is 0 Å². The molecule has 118 valence electrons. The normalized spacial score (nSPS) is 18.4. The molecule has 0 saturated heterocycles. The fourth-order valence-corrected chi connectivity index (χ4v) is 2.74. The smallest absolute Gasteiger partial charge is 0.395 e. The van der Waals surface area contributed by atoms with Gasteiger partial charge in [-0.2, -0.15) is 18.3 Å². The molecule has 2 N–H and O–H groups in total. The quantitative estimate of drug-likeness (QED) is 0.883. The summed E-state index contributed by atoms with van der Waals surface area (Å²) < 4.78 is 38.6. The third-order valence-electron chi connectivity index (χ3n) is 3.83. The first-order valence-electron chi connectivity index (χ1n) is 6.91. The maximum absolute atomic E-state index is 12.9. The zero-order chi connectivity index (χ0) is 15.6. The van der Waals surface area contributed by atoms with Crippen LogP contribution >= 0.6 is 0 Å². The zero-order valence-corrected chi connectivity index (χ0v) is 11.7. The SMILES string of the molecule is CCN(CCO)C(=O)C1CCc2[nH]nc(C(F)(F)F)c2C1. The molecule has 2 rings (SSSR count). The maximum atomic E-state index is 12.9. The molecule has 0 fully saturated rings. The Labute approximate surface area is 120 Å². The average molecular weight is 305 g/mol. The van der Waals surface area contributed by atoms with E-state index in [-0.39, 0.29) is 31.0 Å². The van der Waals surface area contributed by atoms with Crippen molar-refractivity contribution in [1.82, 2.24) is 15.1 Å². The maximum Gasteiger partial charge on any atom is 0.435 e. The van der Waals surface area contributed by atoms with Gasteiger partial charge in [0.1, 0.15) is 0 Å². The van der Waals surface area contributed by atoms with E-state index >= 15 is 0 Å². The Hall–Kier alpha value is -1.57. The summed E-state index contributed by atoms with van der Waals surface area (Å²) in [4.78, 5) is 13.8. The summed E-state index contributed by atoms with van der Waals surface area (Å²) in [6.45, 7) is 2.26. The molecule has 8 heteroatoms. The Morgan fingerprint density at radius 2 is 2.24 bits per heavy atom. The molecular formula is C13H18F3N3O2. The Morgan fingerprint density at radius 3 is 2.81 bits per heavy atom. The molecule has 1 heterocycles. The molecule has 0 bridgehead atoms. The second-order valence-electron chi connectivity index (χ2n) is 5.11. The molecule has 0 aliphatic heterocycles. The number of nitrogens with zero attached hydrogens (tertiary/aromatic N) is 2. The van der Waals surface area contributed by atoms with E-state index in [1.165, 1.54) is 4.90 Å². The van der Waals surface area contributed by atoms with Crippen LogP contribution in [0.3, 0.4) is 0 Å². The molecule has 1 aliphatic carbocycles. The summed E-state index contributed by atoms with van der Waals surface area (Å²) in [5, 5.41) is 14.7. The lowest BCUT2D eigenvalue weighted by Crippen LogP contribution is -2.40. The number of aryl methyl sites for hydroxylation is 1. The largest absolute Gasteiger partial charge is 0.435 e. The van der Waals surface area contributed by atoms with Gasteiger partial charge >= 0.3 is 6.18 Å². The molecule has 0 aromatic carbocycles. The number of nitrogens with one attached hydrogen (secondary N) is 1. The number of rotatable bonds is 4. The molecule has 1 unspecified atom stereocenters. The van der Waals surface area contributed by atoms with Crippen molar-refractivity contribution < 1.29 is 23.1 Å². The van der Waals surface area contributed by atoms with E-state index in [9.17, 15) is 18.0 Å². The number of aromatic amines is 1. The van der Waals surface area contributed by atoms with Gasteiger partial charge in [0.2, 0.25) is 5.91 Å². The highest BCUT2D eigenvalue weighted by molar-refractivity contribution is 5.79. The van der Waals surface area contributed by atoms with Crippen molar-refractivity contribution in [3.05, 3.63) is 17.0 Å². The fraction of sp³-hybridized carbons (Fsp3) is 0.692. The first kappa shape index (κ1) is 15.8. The first-order valence-corrected chi connectivity index (χ1v) is 6.91. The number of fused-ring (bicyclic) bond motifs is 1. The number of halogens is 3. The number of alkyl halides is 3. The van der Waals surface area contributed by atoms with Crippen LogP contribution in [0.25, 0.3) is 0 Å². The standard InChI is InChI=1S/C13H18F3N3O2/c1-2-19(5-6-20)12(21)8-3-4-10-9(7-8)11(18-17-10)13(14,15)16/h8,20H,2-7H2,1H3,(H,17,18). The second-order valence-corrected chi connectivity index (χ2v) is 5.11. The van der Waals surface area contributed by atoms with Gasteiger partial charge in [0, 0.05) is 30.3 Å². The highest BCUT2D eigenvalue weighted by Crippen LogP contribution is 2.36. The van der Waals surface area contributed by atoms with Crippen LogP contribution in [-0.4, -0.2) is 45.8 Å². The van der Waals surface area contributed by atoms with Gasteiger partial charge in [0.15, 0.2) is 5.69 Å². The van der Waals surface area contributed by atoms with Crippen LogP contribution in [0.15, 0.2) is 0 Å². The minimum absolute atomic E-state index is 0.0431. The molecule has 0 spiro atoms. The van der Waals surface area contributed by atoms with Gasteiger partial charge < -0.3 is 10.0 Å². The number of hydrogen-bond acceptors (Lipinski definition) is 3. The number of aliphatic hydroxyl groups is 1. The predicted molar refractivity (Wildman–Crippen MR) is 68.4 cm³/mol. The lowest BCUT2D eigenvalue weighted by atomic mass is 9.85. The number of aliphatic hydroxyl groups excluding tert-OH is 1. The van der Waals surface area contributed by atoms with Gasteiger partial charge in [0.05, 0.1) is 6.61 Å². The third kappa shape index (κ3) is 3.20. The van der Waals surface area contributed by atoms with Crippen molar-refractivity contribution in [3.8, 4) is 0 Å². The minimum atomic E-state index is -4.51. The van der Waals surface area contributed by atoms with Crippen LogP contribution in [0.4, 0.5) is 13.2 Å². The van der Waals surface area contributed by atoms with Gasteiger partial charge in [-0.05, 0) is 26.2 Å². The molecule has 1 aromatic rings. The van der Waals surface area contributed by atoms with Crippen LogP contribution in [0.2, 0.25) is 0 Å². The monoisotopic (exact) mass is 305 g/mol. The molecule has 0 saturated carbocycles. The lowest BCUT2D eigenvalue weighted by Gasteiger charge is -2.28. The minimum Gasteiger partial charge on any atom is -0.395 e. The third-order valence-corrected chi connectivity index (χ3v) is 3.83. The van der Waals surface area contributed by atoms with Gasteiger partial charge in [-0.25, -0.2) is 0 Å². The molecule has 1 aromatic heterocycles. The van der Waals surface area contributed by atoms with E-state index in [1.54, 1.807) is 6.92 Å². The summed E-state index contributed by atoms with van der Waals surface area (Å²) in [5.41, 5.74) is -0.344. The van der Waals surface area contributed by atoms with E-state index in [4.69, 9.17) is 5.11 Å². The summed E-state index contributed by atoms with van der Waals surface area (Å²) in [6, 6.07) is 0. The van der Waals surface area contributed by atoms with Crippen LogP contribution < -0.4 is 0 Å². The molecule has 21 heavy (non-hydrogen) atoms. The van der Waals surface area contributed by atoms with Crippen molar-refractivity contribution in [2.45, 2.75) is 32.4 Å². The van der Waals surface area contributed by atoms with Gasteiger partial charge in [-0.15, -0.1) is 0 Å². The Balaban J connectivity index is 2.18. The average Bonchev–Trinajstić information content (AvgIpc) is 2.86. The molecule has 1 atom stereocenters. The number of carbonyl (C=O) groups excluding carboxylic acids is 1. The Bertz CT molecular complexity index is 513. The Morgan fingerprint density at radius 1 is 1.52 bits per heavy atom. The summed E-state index contributed by atoms with van der Waals surface area (Å²) in [5.74, 6) is -0.686. The predicted octanol–water partition coefficient (Wildman–Crippen LogP) is 1.37. The van der Waals surface area contributed by atoms with E-state index in [1.807, 2.05) is 0 Å². The van der Waals surface area contributed by atoms with E-state index in [0.717, 1.165) is 0 Å². The molecule has 0 radical (unpaired) electrons. The molecule has 1 amide bonds. The molecule has 5 nitrogen and oxygen atoms in total. The summed E-state index contributed by atoms with van der Waals surface area (Å²) >= 11 is 0. The van der Waals surface area contributed by atoms with Crippen molar-refractivity contribution in [1.29, 1.82) is 0 Å². The highest BCUT2D eigenvalue weighted by atomic mass is 19.4. The zero-order valence-electron chi connectivity index (χ0n) is 11.7. The second kappa shape index (κ2) is 6.05. The number of hydrogen-bond donors (Lipinski definition) is 2. The number of H-pyrrole nitrogens is 1. The van der Waals surface area contributed by atoms with Gasteiger partial charge in [0.25, 0.3) is 0 Å². The van der Waals surface area contributed by atoms with Crippen molar-refractivity contribution in [2.75, 3.05) is 19.7 Å². The van der Waals surface area contributed by atoms with E-state index in [0.29, 0.717) is 25.1 Å². The topological polar surface area (TPSA) is 69.2 Å². The highest BCUT2D eigenvalue weighted by Gasteiger charge is 2.40. The number of aromatic nitrogens is 2. The fourth-order valence-electron chi connectivity index (χ4n) is 2.74. The van der Waals surface area contributed by atoms with E-state index < -0.39 is 17.8 Å². The van der Waals surface area contributed by atoms with Crippen LogP contribution in [0.1, 0.15) is 30.3 Å². The van der Waals surface area contributed by atoms with Crippen molar-refractivity contribution >= 4 is 5.91 Å². The summed E-state index contributed by atoms with van der Waals surface area (Å²) in [7, 11) is 0.